The van der Waals surface area contributed by atoms with E-state index in [1.807, 2.05) is 0 Å². The quantitative estimate of drug-likeness (QED) is 0.560. The van der Waals surface area contributed by atoms with E-state index in [4.69, 9.17) is 4.74 Å². The van der Waals surface area contributed by atoms with E-state index in [1.54, 1.807) is 0 Å². The molecule has 2 aliphatic rings. The molecule has 0 aromatic rings. The summed E-state index contributed by atoms with van der Waals surface area (Å²) < 4.78 is 86.3. The fourth-order valence-corrected chi connectivity index (χ4v) is 0.730. The van der Waals surface area contributed by atoms with Crippen LogP contribution < -0.4 is 0 Å². The first-order chi connectivity index (χ1) is 7.14. The van der Waals surface area contributed by atoms with Gasteiger partial charge in [-0.1, -0.05) is 0 Å². The van der Waals surface area contributed by atoms with Gasteiger partial charge in [-0.15, -0.1) is 0 Å². The van der Waals surface area contributed by atoms with Crippen molar-refractivity contribution in [3.8, 4) is 0 Å². The predicted octanol–water partition coefficient (Wildman–Crippen LogP) is 2.58. The molecule has 16 heavy (non-hydrogen) atoms. The molecule has 9 heteroatoms. The van der Waals surface area contributed by atoms with Crippen molar-refractivity contribution in [2.75, 3.05) is 13.3 Å². The van der Waals surface area contributed by atoms with Gasteiger partial charge in [-0.05, 0) is 0 Å². The van der Waals surface area contributed by atoms with Gasteiger partial charge in [-0.3, -0.25) is 9.13 Å². The Bertz CT molecular complexity index is 250. The van der Waals surface area contributed by atoms with E-state index in [1.165, 1.54) is 0 Å². The Labute approximate surface area is 85.3 Å². The van der Waals surface area contributed by atoms with Gasteiger partial charge in [-0.2, -0.15) is 26.3 Å². The molecule has 0 aliphatic carbocycles. The number of hydrogen-bond acceptors (Lipinski definition) is 2. The number of epoxide rings is 2. The second-order valence-electron chi connectivity index (χ2n) is 3.14. The molecule has 0 radical (unpaired) electrons. The summed E-state index contributed by atoms with van der Waals surface area (Å²) in [4.78, 5) is 0. The Morgan fingerprint density at radius 3 is 1.69 bits per heavy atom. The van der Waals surface area contributed by atoms with E-state index < -0.39 is 18.1 Å². The van der Waals surface area contributed by atoms with Crippen LogP contribution in [0.1, 0.15) is 6.42 Å². The first kappa shape index (κ1) is 13.5. The average Bonchev–Trinajstić information content (AvgIpc) is 2.94. The lowest BCUT2D eigenvalue weighted by molar-refractivity contribution is -0.231. The molecule has 0 N–H and O–H groups in total. The summed E-state index contributed by atoms with van der Waals surface area (Å²) in [5.74, 6) is -4.75. The SMILES string of the molecule is FC(F)(F)C1(F)OC1(F)F.FCCC1CO1. The van der Waals surface area contributed by atoms with E-state index in [9.17, 15) is 30.7 Å². The molecule has 0 spiro atoms. The Kier molecular flexibility index (Phi) is 3.39. The van der Waals surface area contributed by atoms with Crippen molar-refractivity contribution < 1.29 is 40.2 Å². The maximum Gasteiger partial charge on any atom is 0.458 e. The van der Waals surface area contributed by atoms with Gasteiger partial charge in [0.1, 0.15) is 0 Å². The van der Waals surface area contributed by atoms with Crippen molar-refractivity contribution in [3.63, 3.8) is 0 Å². The van der Waals surface area contributed by atoms with Gasteiger partial charge in [0.25, 0.3) is 0 Å². The van der Waals surface area contributed by atoms with Crippen LogP contribution in [-0.4, -0.2) is 37.5 Å². The van der Waals surface area contributed by atoms with E-state index in [-0.39, 0.29) is 12.8 Å². The lowest BCUT2D eigenvalue weighted by Gasteiger charge is -2.04. The molecular weight excluding hydrogens is 249 g/mol. The van der Waals surface area contributed by atoms with Crippen LogP contribution in [0.4, 0.5) is 30.7 Å². The van der Waals surface area contributed by atoms with Gasteiger partial charge in [0.15, 0.2) is 0 Å². The summed E-state index contributed by atoms with van der Waals surface area (Å²) in [5, 5.41) is 0. The molecule has 2 saturated heterocycles. The number of halogens is 7. The third-order valence-corrected chi connectivity index (χ3v) is 1.80. The van der Waals surface area contributed by atoms with Crippen molar-refractivity contribution >= 4 is 0 Å². The minimum Gasteiger partial charge on any atom is -0.373 e. The molecule has 0 saturated carbocycles. The van der Waals surface area contributed by atoms with Crippen LogP contribution in [0.25, 0.3) is 0 Å². The lowest BCUT2D eigenvalue weighted by Crippen LogP contribution is -2.32. The summed E-state index contributed by atoms with van der Waals surface area (Å²) in [6.45, 7) is 0.550. The molecule has 2 aliphatic heterocycles. The van der Waals surface area contributed by atoms with Crippen LogP contribution in [0.3, 0.4) is 0 Å². The highest BCUT2D eigenvalue weighted by atomic mass is 19.4. The summed E-state index contributed by atoms with van der Waals surface area (Å²) in [6, 6.07) is 0. The topological polar surface area (TPSA) is 25.1 Å². The predicted molar refractivity (Wildman–Crippen MR) is 36.3 cm³/mol. The van der Waals surface area contributed by atoms with Crippen LogP contribution >= 0.6 is 0 Å². The minimum atomic E-state index is -5.66. The third-order valence-electron chi connectivity index (χ3n) is 1.80. The molecule has 0 aromatic carbocycles. The normalized spacial score (nSPS) is 35.1. The summed E-state index contributed by atoms with van der Waals surface area (Å²) in [5.41, 5.74) is 0. The zero-order valence-electron chi connectivity index (χ0n) is 7.66. The van der Waals surface area contributed by atoms with Crippen LogP contribution in [0.15, 0.2) is 0 Å². The molecule has 96 valence electrons. The number of rotatable bonds is 2. The van der Waals surface area contributed by atoms with Crippen molar-refractivity contribution in [3.05, 3.63) is 0 Å². The van der Waals surface area contributed by atoms with E-state index in [0.29, 0.717) is 6.42 Å². The zero-order chi connectivity index (χ0) is 12.6. The van der Waals surface area contributed by atoms with Gasteiger partial charge in [0.2, 0.25) is 0 Å². The van der Waals surface area contributed by atoms with Crippen LogP contribution in [0, 0.1) is 0 Å². The van der Waals surface area contributed by atoms with E-state index >= 15 is 0 Å². The summed E-state index contributed by atoms with van der Waals surface area (Å²) >= 11 is 0. The summed E-state index contributed by atoms with van der Waals surface area (Å²) in [6.07, 6.45) is -9.49. The zero-order valence-corrected chi connectivity index (χ0v) is 7.66. The molecule has 2 unspecified atom stereocenters. The molecule has 2 nitrogen and oxygen atoms in total. The maximum absolute atomic E-state index is 11.7. The fourth-order valence-electron chi connectivity index (χ4n) is 0.730. The Morgan fingerprint density at radius 2 is 1.62 bits per heavy atom. The van der Waals surface area contributed by atoms with E-state index in [0.717, 1.165) is 6.61 Å². The number of hydrogen-bond donors (Lipinski definition) is 0. The molecular formula is C7H7F7O2. The highest BCUT2D eigenvalue weighted by Gasteiger charge is 2.90. The van der Waals surface area contributed by atoms with Crippen LogP contribution in [-0.2, 0) is 9.47 Å². The van der Waals surface area contributed by atoms with Gasteiger partial charge in [0, 0.05) is 6.42 Å². The third kappa shape index (κ3) is 2.76. The van der Waals surface area contributed by atoms with Crippen LogP contribution in [0.5, 0.6) is 0 Å². The fraction of sp³-hybridized carbons (Fsp3) is 1.00. The van der Waals surface area contributed by atoms with Crippen molar-refractivity contribution in [1.82, 2.24) is 0 Å². The van der Waals surface area contributed by atoms with E-state index in [2.05, 4.69) is 4.74 Å². The summed E-state index contributed by atoms with van der Waals surface area (Å²) in [7, 11) is 0. The standard InChI is InChI=1S/C4H7FO.C3F6O/c5-2-1-4-3-6-4;4-1(2(5,6)7)3(8,9)10-1/h4H,1-3H2;. The van der Waals surface area contributed by atoms with Gasteiger partial charge in [-0.25, -0.2) is 0 Å². The Morgan fingerprint density at radius 1 is 1.19 bits per heavy atom. The Balaban J connectivity index is 0.000000181. The number of alkyl halides is 7. The molecule has 0 bridgehead atoms. The average molecular weight is 256 g/mol. The minimum absolute atomic E-state index is 0.231. The van der Waals surface area contributed by atoms with Crippen molar-refractivity contribution in [2.45, 2.75) is 30.7 Å². The molecule has 0 aromatic heterocycles. The molecule has 2 fully saturated rings. The second-order valence-corrected chi connectivity index (χ2v) is 3.14. The van der Waals surface area contributed by atoms with Crippen molar-refractivity contribution in [2.24, 2.45) is 0 Å². The molecule has 2 heterocycles. The highest BCUT2D eigenvalue weighted by molar-refractivity contribution is 4.99. The van der Waals surface area contributed by atoms with Gasteiger partial charge >= 0.3 is 18.1 Å². The van der Waals surface area contributed by atoms with Gasteiger partial charge < -0.3 is 4.74 Å². The highest BCUT2D eigenvalue weighted by Crippen LogP contribution is 2.60. The monoisotopic (exact) mass is 256 g/mol. The largest absolute Gasteiger partial charge is 0.458 e. The molecule has 0 amide bonds. The number of ether oxygens (including phenoxy) is 2. The lowest BCUT2D eigenvalue weighted by atomic mass is 10.4. The first-order valence-electron chi connectivity index (χ1n) is 4.15. The first-order valence-corrected chi connectivity index (χ1v) is 4.15. The smallest absolute Gasteiger partial charge is 0.373 e. The Hall–Kier alpha value is -0.570. The second kappa shape index (κ2) is 4.02. The maximum atomic E-state index is 11.7. The molecule has 2 atom stereocenters. The molecule has 2 rings (SSSR count). The van der Waals surface area contributed by atoms with Crippen LogP contribution in [0.2, 0.25) is 0 Å². The van der Waals surface area contributed by atoms with Crippen molar-refractivity contribution in [1.29, 1.82) is 0 Å². The van der Waals surface area contributed by atoms with Gasteiger partial charge in [0.05, 0.1) is 19.4 Å².